The Balaban J connectivity index is 1.82. The summed E-state index contributed by atoms with van der Waals surface area (Å²) >= 11 is 0. The molecule has 14 nitrogen and oxygen atoms in total. The molecule has 0 spiro atoms. The monoisotopic (exact) mass is 846 g/mol. The number of carbonyl (C=O) groups excluding carboxylic acids is 3. The molecule has 0 saturated carbocycles. The fraction of sp³-hybridized carbons (Fsp3) is 0.717. The van der Waals surface area contributed by atoms with Crippen LogP contribution in [0, 0.1) is 16.7 Å². The van der Waals surface area contributed by atoms with Gasteiger partial charge >= 0.3 is 17.9 Å². The van der Waals surface area contributed by atoms with Gasteiger partial charge < -0.3 is 53.6 Å². The highest BCUT2D eigenvalue weighted by molar-refractivity contribution is 5.84. The lowest BCUT2D eigenvalue weighted by Crippen LogP contribution is -2.62. The number of aliphatic hydroxyl groups is 4. The van der Waals surface area contributed by atoms with Crippen molar-refractivity contribution in [1.82, 2.24) is 0 Å². The molecule has 1 unspecified atom stereocenters. The van der Waals surface area contributed by atoms with Gasteiger partial charge in [0.25, 0.3) is 0 Å². The molecule has 4 aliphatic heterocycles. The Morgan fingerprint density at radius 2 is 1.68 bits per heavy atom. The van der Waals surface area contributed by atoms with Crippen LogP contribution >= 0.6 is 0 Å². The number of methoxy groups -OCH3 is 1. The zero-order chi connectivity index (χ0) is 44.6. The van der Waals surface area contributed by atoms with Crippen LogP contribution in [0.2, 0.25) is 0 Å². The zero-order valence-electron chi connectivity index (χ0n) is 37.0. The van der Waals surface area contributed by atoms with Crippen molar-refractivity contribution in [3.05, 3.63) is 60.4 Å². The number of hydrogen-bond acceptors (Lipinski definition) is 14. The van der Waals surface area contributed by atoms with Crippen LogP contribution in [-0.4, -0.2) is 112 Å². The number of carbonyl (C=O) groups is 3. The Bertz CT molecular complexity index is 1630. The molecular weight excluding hydrogens is 776 g/mol. The highest BCUT2D eigenvalue weighted by Gasteiger charge is 2.59. The number of allylic oxidation sites excluding steroid dienone is 3. The van der Waals surface area contributed by atoms with Crippen LogP contribution < -0.4 is 0 Å². The maximum Gasteiger partial charge on any atom is 0.331 e. The lowest BCUT2D eigenvalue weighted by Gasteiger charge is -2.54. The second-order valence-electron chi connectivity index (χ2n) is 18.3. The van der Waals surface area contributed by atoms with Gasteiger partial charge in [-0.15, -0.1) is 0 Å². The van der Waals surface area contributed by atoms with Crippen molar-refractivity contribution in [3.8, 4) is 0 Å². The van der Waals surface area contributed by atoms with Gasteiger partial charge in [0, 0.05) is 56.6 Å². The normalized spacial score (nSPS) is 38.0. The van der Waals surface area contributed by atoms with Crippen molar-refractivity contribution in [2.45, 2.75) is 186 Å². The summed E-state index contributed by atoms with van der Waals surface area (Å²) in [4.78, 5) is 38.5. The largest absolute Gasteiger partial charge is 0.493 e. The summed E-state index contributed by atoms with van der Waals surface area (Å²) in [5.74, 6) is -5.88. The molecule has 0 aliphatic carbocycles. The van der Waals surface area contributed by atoms with E-state index in [0.717, 1.165) is 12.8 Å². The highest BCUT2D eigenvalue weighted by Crippen LogP contribution is 2.50. The molecule has 0 amide bonds. The maximum absolute atomic E-state index is 13.4. The smallest absolute Gasteiger partial charge is 0.331 e. The topological polar surface area (TPSA) is 197 Å². The zero-order valence-corrected chi connectivity index (χ0v) is 37.0. The maximum atomic E-state index is 13.4. The van der Waals surface area contributed by atoms with Crippen LogP contribution in [0.3, 0.4) is 0 Å². The average molecular weight is 847 g/mol. The van der Waals surface area contributed by atoms with Crippen LogP contribution in [0.1, 0.15) is 120 Å². The SMILES string of the molecule is C=C1CC(O)C[C@@H]2C[C@H](OC(C)=O)C(C)(C)[C@](O)(C[C@@H]3C[C@H](C)C[C@H](/C=C/C(C)(C)[C@]4(O)O[C@@H](C/C(=C\C(=O)OC)[C@@H]4OC(=O)/C=C/C=C/CCC)C[C@H]([C@@H](C)O)O1)O3)O2. The molecule has 338 valence electrons. The van der Waals surface area contributed by atoms with Gasteiger partial charge in [0.2, 0.25) is 5.79 Å². The van der Waals surface area contributed by atoms with Gasteiger partial charge in [-0.25, -0.2) is 9.59 Å². The Hall–Kier alpha value is -3.37. The van der Waals surface area contributed by atoms with E-state index in [1.165, 1.54) is 39.2 Å². The second-order valence-corrected chi connectivity index (χ2v) is 18.3. The van der Waals surface area contributed by atoms with Gasteiger partial charge in [-0.1, -0.05) is 84.9 Å². The molecular formula is C46H70O14. The molecule has 0 aromatic heterocycles. The first kappa shape index (κ1) is 49.3. The summed E-state index contributed by atoms with van der Waals surface area (Å²) in [6.07, 6.45) is 6.36. The van der Waals surface area contributed by atoms with Gasteiger partial charge in [-0.3, -0.25) is 4.79 Å². The Morgan fingerprint density at radius 1 is 0.967 bits per heavy atom. The number of unbranched alkanes of at least 4 members (excludes halogenated alkanes) is 1. The van der Waals surface area contributed by atoms with Gasteiger partial charge in [0.05, 0.1) is 54.9 Å². The molecule has 60 heavy (non-hydrogen) atoms. The Kier molecular flexibility index (Phi) is 17.0. The van der Waals surface area contributed by atoms with Crippen LogP contribution in [-0.2, 0) is 47.5 Å². The molecule has 0 radical (unpaired) electrons. The molecule has 0 aromatic carbocycles. The van der Waals surface area contributed by atoms with E-state index in [1.54, 1.807) is 39.8 Å². The van der Waals surface area contributed by atoms with Gasteiger partial charge in [-0.05, 0) is 44.1 Å². The predicted molar refractivity (Wildman–Crippen MR) is 222 cm³/mol. The van der Waals surface area contributed by atoms with Crippen molar-refractivity contribution < 1.29 is 68.0 Å². The third-order valence-corrected chi connectivity index (χ3v) is 12.3. The van der Waals surface area contributed by atoms with E-state index in [9.17, 15) is 34.8 Å². The number of aliphatic hydroxyl groups excluding tert-OH is 2. The van der Waals surface area contributed by atoms with Crippen molar-refractivity contribution >= 4 is 17.9 Å². The lowest BCUT2D eigenvalue weighted by atomic mass is 9.70. The number of rotatable bonds is 8. The fourth-order valence-electron chi connectivity index (χ4n) is 8.69. The van der Waals surface area contributed by atoms with E-state index >= 15 is 0 Å². The molecule has 14 heteroatoms. The Labute approximate surface area is 355 Å². The van der Waals surface area contributed by atoms with E-state index in [1.807, 2.05) is 19.1 Å². The van der Waals surface area contributed by atoms with Crippen LogP contribution in [0.4, 0.5) is 0 Å². The summed E-state index contributed by atoms with van der Waals surface area (Å²) < 4.78 is 42.6. The van der Waals surface area contributed by atoms with Crippen LogP contribution in [0.15, 0.2) is 60.4 Å². The molecule has 12 atom stereocenters. The van der Waals surface area contributed by atoms with Crippen molar-refractivity contribution in [1.29, 1.82) is 0 Å². The van der Waals surface area contributed by atoms with E-state index in [2.05, 4.69) is 13.5 Å². The number of esters is 3. The standard InChI is InChI=1S/C46H70O14/c1-11-12-13-14-15-16-40(50)58-42-32(23-41(51)54-10)22-35-25-38(30(4)47)55-29(3)21-33(49)24-36-26-39(56-31(5)48)44(8,9)45(52,59-36)27-37-20-28(2)19-34(57-37)17-18-43(6,7)46(42,53)60-35/h13-18,23,28,30,33-39,42,47,49,52-53H,3,11-12,19-22,24-27H2,1-2,4-10H3/b14-13+,16-15+,18-17+,32-23+/t28-,30-,33?,34+,35+,36-,37+,38-,39+,42+,45+,46-/m1/s1. The predicted octanol–water partition coefficient (Wildman–Crippen LogP) is 5.80. The number of fused-ring (bicyclic) bond motifs is 6. The third kappa shape index (κ3) is 12.4. The summed E-state index contributed by atoms with van der Waals surface area (Å²) in [5, 5.41) is 47.6. The molecule has 4 heterocycles. The number of ether oxygens (including phenoxy) is 7. The summed E-state index contributed by atoms with van der Waals surface area (Å²) in [5.41, 5.74) is -2.20. The van der Waals surface area contributed by atoms with Gasteiger partial charge in [0.15, 0.2) is 11.9 Å². The first-order chi connectivity index (χ1) is 28.0. The molecule has 4 rings (SSSR count). The molecule has 4 aliphatic rings. The first-order valence-corrected chi connectivity index (χ1v) is 21.4. The summed E-state index contributed by atoms with van der Waals surface area (Å²) in [6, 6.07) is 0. The Morgan fingerprint density at radius 3 is 2.33 bits per heavy atom. The van der Waals surface area contributed by atoms with Crippen molar-refractivity contribution in [2.24, 2.45) is 16.7 Å². The molecule has 4 N–H and O–H groups in total. The summed E-state index contributed by atoms with van der Waals surface area (Å²) in [6.45, 7) is 18.0. The third-order valence-electron chi connectivity index (χ3n) is 12.3. The van der Waals surface area contributed by atoms with Crippen LogP contribution in [0.25, 0.3) is 0 Å². The van der Waals surface area contributed by atoms with Gasteiger partial charge in [0.1, 0.15) is 12.2 Å². The fourth-order valence-corrected chi connectivity index (χ4v) is 8.69. The second kappa shape index (κ2) is 20.7. The van der Waals surface area contributed by atoms with E-state index in [-0.39, 0.29) is 55.8 Å². The lowest BCUT2D eigenvalue weighted by molar-refractivity contribution is -0.349. The van der Waals surface area contributed by atoms with E-state index in [4.69, 9.17) is 33.2 Å². The van der Waals surface area contributed by atoms with Crippen molar-refractivity contribution in [2.75, 3.05) is 7.11 Å². The van der Waals surface area contributed by atoms with E-state index < -0.39 is 95.2 Å². The van der Waals surface area contributed by atoms with Crippen molar-refractivity contribution in [3.63, 3.8) is 0 Å². The molecule has 0 aromatic rings. The summed E-state index contributed by atoms with van der Waals surface area (Å²) in [7, 11) is 1.22. The highest BCUT2D eigenvalue weighted by atomic mass is 16.7. The molecule has 3 saturated heterocycles. The average Bonchev–Trinajstić information content (AvgIpc) is 3.13. The minimum absolute atomic E-state index is 0.0103. The minimum atomic E-state index is -2.30. The van der Waals surface area contributed by atoms with Gasteiger partial charge in [-0.2, -0.15) is 0 Å². The minimum Gasteiger partial charge on any atom is -0.493 e. The number of hydrogen-bond donors (Lipinski definition) is 4. The van der Waals surface area contributed by atoms with E-state index in [0.29, 0.717) is 12.8 Å². The van der Waals surface area contributed by atoms with Crippen LogP contribution in [0.5, 0.6) is 0 Å². The molecule has 3 fully saturated rings. The quantitative estimate of drug-likeness (QED) is 0.0752. The first-order valence-electron chi connectivity index (χ1n) is 21.4. The molecule has 6 bridgehead atoms.